The molecule has 100 valence electrons. The van der Waals surface area contributed by atoms with Crippen LogP contribution in [-0.2, 0) is 4.74 Å². The third-order valence-electron chi connectivity index (χ3n) is 3.41. The van der Waals surface area contributed by atoms with Gasteiger partial charge in [-0.3, -0.25) is 0 Å². The largest absolute Gasteiger partial charge is 0.476 e. The SMILES string of the molecule is CCOC(c1nc(C(=O)O)cs1)C1CCCCC1. The van der Waals surface area contributed by atoms with Crippen molar-refractivity contribution in [3.8, 4) is 0 Å². The maximum absolute atomic E-state index is 10.9. The minimum atomic E-state index is -0.962. The number of hydrogen-bond acceptors (Lipinski definition) is 4. The van der Waals surface area contributed by atoms with Crippen LogP contribution < -0.4 is 0 Å². The molecule has 1 aliphatic rings. The molecule has 1 heterocycles. The summed E-state index contributed by atoms with van der Waals surface area (Å²) in [6.07, 6.45) is 6.08. The van der Waals surface area contributed by atoms with Crippen molar-refractivity contribution in [1.82, 2.24) is 4.98 Å². The van der Waals surface area contributed by atoms with E-state index in [4.69, 9.17) is 9.84 Å². The van der Waals surface area contributed by atoms with Gasteiger partial charge in [0.15, 0.2) is 5.69 Å². The summed E-state index contributed by atoms with van der Waals surface area (Å²) in [5.74, 6) is -0.470. The summed E-state index contributed by atoms with van der Waals surface area (Å²) >= 11 is 1.40. The van der Waals surface area contributed by atoms with Crippen LogP contribution in [0.4, 0.5) is 0 Å². The van der Waals surface area contributed by atoms with Gasteiger partial charge in [0.25, 0.3) is 0 Å². The quantitative estimate of drug-likeness (QED) is 0.888. The lowest BCUT2D eigenvalue weighted by atomic mass is 9.85. The maximum atomic E-state index is 10.9. The molecule has 1 aromatic rings. The summed E-state index contributed by atoms with van der Waals surface area (Å²) in [6, 6.07) is 0. The van der Waals surface area contributed by atoms with Crippen LogP contribution in [-0.4, -0.2) is 22.7 Å². The van der Waals surface area contributed by atoms with Crippen molar-refractivity contribution < 1.29 is 14.6 Å². The topological polar surface area (TPSA) is 59.4 Å². The van der Waals surface area contributed by atoms with Crippen molar-refractivity contribution in [2.75, 3.05) is 6.61 Å². The molecule has 1 N–H and O–H groups in total. The second-order valence-electron chi connectivity index (χ2n) is 4.65. The number of ether oxygens (including phenoxy) is 1. The number of thiazole rings is 1. The predicted octanol–water partition coefficient (Wildman–Crippen LogP) is 3.50. The zero-order chi connectivity index (χ0) is 13.0. The number of nitrogens with zero attached hydrogens (tertiary/aromatic N) is 1. The molecular weight excluding hydrogens is 250 g/mol. The highest BCUT2D eigenvalue weighted by atomic mass is 32.1. The molecule has 5 heteroatoms. The van der Waals surface area contributed by atoms with Crippen LogP contribution in [0.2, 0.25) is 0 Å². The van der Waals surface area contributed by atoms with Crippen molar-refractivity contribution in [3.63, 3.8) is 0 Å². The van der Waals surface area contributed by atoms with Crippen LogP contribution in [0.15, 0.2) is 5.38 Å². The minimum absolute atomic E-state index is 0.0200. The maximum Gasteiger partial charge on any atom is 0.355 e. The van der Waals surface area contributed by atoms with E-state index in [-0.39, 0.29) is 11.8 Å². The summed E-state index contributed by atoms with van der Waals surface area (Å²) in [5.41, 5.74) is 0.135. The third-order valence-corrected chi connectivity index (χ3v) is 4.31. The molecule has 1 aliphatic carbocycles. The van der Waals surface area contributed by atoms with Crippen molar-refractivity contribution in [3.05, 3.63) is 16.1 Å². The molecule has 0 spiro atoms. The lowest BCUT2D eigenvalue weighted by Gasteiger charge is -2.28. The number of rotatable bonds is 5. The van der Waals surface area contributed by atoms with E-state index in [0.29, 0.717) is 12.5 Å². The summed E-state index contributed by atoms with van der Waals surface area (Å²) < 4.78 is 5.82. The summed E-state index contributed by atoms with van der Waals surface area (Å²) in [4.78, 5) is 15.1. The van der Waals surface area contributed by atoms with Crippen LogP contribution in [0.1, 0.15) is 60.6 Å². The number of carboxylic acid groups (broad SMARTS) is 1. The van der Waals surface area contributed by atoms with Crippen molar-refractivity contribution in [2.24, 2.45) is 5.92 Å². The Labute approximate surface area is 111 Å². The fraction of sp³-hybridized carbons (Fsp3) is 0.692. The Morgan fingerprint density at radius 3 is 2.83 bits per heavy atom. The third kappa shape index (κ3) is 3.09. The lowest BCUT2D eigenvalue weighted by molar-refractivity contribution is 0.00540. The molecule has 1 aromatic heterocycles. The average Bonchev–Trinajstić information content (AvgIpc) is 2.86. The molecule has 2 rings (SSSR count). The monoisotopic (exact) mass is 269 g/mol. The highest BCUT2D eigenvalue weighted by molar-refractivity contribution is 7.09. The van der Waals surface area contributed by atoms with Gasteiger partial charge in [0.1, 0.15) is 11.1 Å². The van der Waals surface area contributed by atoms with Gasteiger partial charge in [-0.25, -0.2) is 9.78 Å². The van der Waals surface area contributed by atoms with Crippen molar-refractivity contribution in [1.29, 1.82) is 0 Å². The Hall–Kier alpha value is -0.940. The summed E-state index contributed by atoms with van der Waals surface area (Å²) in [5, 5.41) is 11.3. The van der Waals surface area contributed by atoms with Crippen LogP contribution in [0.25, 0.3) is 0 Å². The van der Waals surface area contributed by atoms with Gasteiger partial charge < -0.3 is 9.84 Å². The Balaban J connectivity index is 2.14. The van der Waals surface area contributed by atoms with Gasteiger partial charge in [-0.1, -0.05) is 19.3 Å². The van der Waals surface area contributed by atoms with Gasteiger partial charge in [-0.05, 0) is 25.7 Å². The van der Waals surface area contributed by atoms with E-state index in [1.165, 1.54) is 30.6 Å². The molecule has 0 radical (unpaired) electrons. The first-order chi connectivity index (χ1) is 8.72. The predicted molar refractivity (Wildman–Crippen MR) is 70.0 cm³/mol. The molecule has 0 bridgehead atoms. The fourth-order valence-electron chi connectivity index (χ4n) is 2.54. The van der Waals surface area contributed by atoms with Gasteiger partial charge in [0.2, 0.25) is 0 Å². The number of hydrogen-bond donors (Lipinski definition) is 1. The van der Waals surface area contributed by atoms with Crippen molar-refractivity contribution in [2.45, 2.75) is 45.1 Å². The van der Waals surface area contributed by atoms with Crippen molar-refractivity contribution >= 4 is 17.3 Å². The first kappa shape index (κ1) is 13.5. The Bertz CT molecular complexity index is 399. The highest BCUT2D eigenvalue weighted by Crippen LogP contribution is 2.37. The summed E-state index contributed by atoms with van der Waals surface area (Å²) in [7, 11) is 0. The Morgan fingerprint density at radius 2 is 2.28 bits per heavy atom. The molecule has 1 unspecified atom stereocenters. The summed E-state index contributed by atoms with van der Waals surface area (Å²) in [6.45, 7) is 2.62. The van der Waals surface area contributed by atoms with E-state index in [2.05, 4.69) is 4.98 Å². The van der Waals surface area contributed by atoms with Gasteiger partial charge in [0, 0.05) is 12.0 Å². The fourth-order valence-corrected chi connectivity index (χ4v) is 3.47. The van der Waals surface area contributed by atoms with E-state index < -0.39 is 5.97 Å². The zero-order valence-electron chi connectivity index (χ0n) is 10.6. The average molecular weight is 269 g/mol. The second kappa shape index (κ2) is 6.29. The number of carbonyl (C=O) groups is 1. The van der Waals surface area contributed by atoms with Crippen LogP contribution in [0, 0.1) is 5.92 Å². The van der Waals surface area contributed by atoms with Gasteiger partial charge in [-0.15, -0.1) is 11.3 Å². The first-order valence-electron chi connectivity index (χ1n) is 6.52. The standard InChI is InChI=1S/C13H19NO3S/c1-2-17-11(9-6-4-3-5-7-9)12-14-10(8-18-12)13(15)16/h8-9,11H,2-7H2,1H3,(H,15,16). The molecule has 1 fully saturated rings. The van der Waals surface area contributed by atoms with Crippen LogP contribution >= 0.6 is 11.3 Å². The molecule has 0 amide bonds. The molecule has 1 saturated carbocycles. The second-order valence-corrected chi connectivity index (χ2v) is 5.54. The molecule has 18 heavy (non-hydrogen) atoms. The zero-order valence-corrected chi connectivity index (χ0v) is 11.4. The molecule has 0 saturated heterocycles. The van der Waals surface area contributed by atoms with E-state index in [9.17, 15) is 4.79 Å². The Morgan fingerprint density at radius 1 is 1.56 bits per heavy atom. The normalized spacial score (nSPS) is 18.7. The Kier molecular flexibility index (Phi) is 4.72. The molecular formula is C13H19NO3S. The number of carboxylic acids is 1. The molecule has 0 aliphatic heterocycles. The van der Waals surface area contributed by atoms with E-state index in [1.807, 2.05) is 6.92 Å². The van der Waals surface area contributed by atoms with E-state index in [1.54, 1.807) is 5.38 Å². The molecule has 1 atom stereocenters. The smallest absolute Gasteiger partial charge is 0.355 e. The van der Waals surface area contributed by atoms with Gasteiger partial charge in [-0.2, -0.15) is 0 Å². The molecule has 0 aromatic carbocycles. The van der Waals surface area contributed by atoms with Gasteiger partial charge in [0.05, 0.1) is 0 Å². The van der Waals surface area contributed by atoms with Crippen LogP contribution in [0.3, 0.4) is 0 Å². The highest BCUT2D eigenvalue weighted by Gasteiger charge is 2.28. The molecule has 4 nitrogen and oxygen atoms in total. The number of aromatic carboxylic acids is 1. The van der Waals surface area contributed by atoms with Crippen LogP contribution in [0.5, 0.6) is 0 Å². The van der Waals surface area contributed by atoms with E-state index >= 15 is 0 Å². The minimum Gasteiger partial charge on any atom is -0.476 e. The lowest BCUT2D eigenvalue weighted by Crippen LogP contribution is -2.19. The first-order valence-corrected chi connectivity index (χ1v) is 7.40. The van der Waals surface area contributed by atoms with E-state index in [0.717, 1.165) is 17.8 Å². The van der Waals surface area contributed by atoms with Gasteiger partial charge >= 0.3 is 5.97 Å². The number of aromatic nitrogens is 1.